The number of amides is 1. The molecule has 104 valence electrons. The molecule has 0 spiro atoms. The number of carbonyl (C=O) groups is 1. The van der Waals surface area contributed by atoms with Crippen LogP contribution in [0.15, 0.2) is 24.3 Å². The molecule has 1 aromatic carbocycles. The Morgan fingerprint density at radius 3 is 2.79 bits per heavy atom. The molecule has 0 saturated heterocycles. The van der Waals surface area contributed by atoms with Crippen LogP contribution in [0.5, 0.6) is 5.75 Å². The van der Waals surface area contributed by atoms with Crippen LogP contribution in [-0.4, -0.2) is 29.8 Å². The summed E-state index contributed by atoms with van der Waals surface area (Å²) in [4.78, 5) is 11.6. The molecule has 0 heterocycles. The third kappa shape index (κ3) is 3.86. The van der Waals surface area contributed by atoms with E-state index in [2.05, 4.69) is 5.32 Å². The van der Waals surface area contributed by atoms with Gasteiger partial charge in [0.2, 0.25) is 5.91 Å². The van der Waals surface area contributed by atoms with Crippen molar-refractivity contribution in [2.24, 2.45) is 0 Å². The van der Waals surface area contributed by atoms with Gasteiger partial charge in [-0.3, -0.25) is 4.79 Å². The van der Waals surface area contributed by atoms with E-state index >= 15 is 0 Å². The molecule has 1 amide bonds. The quantitative estimate of drug-likeness (QED) is 0.671. The maximum absolute atomic E-state index is 11.6. The van der Waals surface area contributed by atoms with Crippen molar-refractivity contribution < 1.29 is 14.6 Å². The zero-order valence-electron chi connectivity index (χ0n) is 10.9. The van der Waals surface area contributed by atoms with Crippen molar-refractivity contribution in [3.8, 4) is 5.75 Å². The van der Waals surface area contributed by atoms with Gasteiger partial charge in [0.15, 0.2) is 0 Å². The third-order valence-corrected chi connectivity index (χ3v) is 3.40. The molecule has 2 rings (SSSR count). The van der Waals surface area contributed by atoms with Gasteiger partial charge in [-0.05, 0) is 31.4 Å². The molecule has 0 atom stereocenters. The Labute approximate surface area is 112 Å². The summed E-state index contributed by atoms with van der Waals surface area (Å²) in [5.74, 6) is 0.475. The van der Waals surface area contributed by atoms with E-state index in [1.54, 1.807) is 12.1 Å². The molecule has 0 unspecified atom stereocenters. The van der Waals surface area contributed by atoms with Gasteiger partial charge in [-0.1, -0.05) is 12.1 Å². The minimum Gasteiger partial charge on any atom is -0.491 e. The molecule has 19 heavy (non-hydrogen) atoms. The highest BCUT2D eigenvalue weighted by Gasteiger charge is 2.34. The molecule has 1 fully saturated rings. The van der Waals surface area contributed by atoms with Gasteiger partial charge in [0.05, 0.1) is 24.3 Å². The van der Waals surface area contributed by atoms with Crippen molar-refractivity contribution in [3.05, 3.63) is 24.3 Å². The molecule has 0 aliphatic heterocycles. The van der Waals surface area contributed by atoms with Gasteiger partial charge in [-0.2, -0.15) is 0 Å². The lowest BCUT2D eigenvalue weighted by Gasteiger charge is -2.36. The van der Waals surface area contributed by atoms with Crippen LogP contribution in [0.3, 0.4) is 0 Å². The zero-order chi connectivity index (χ0) is 13.7. The number of nitrogens with one attached hydrogen (secondary N) is 1. The topological polar surface area (TPSA) is 84.6 Å². The summed E-state index contributed by atoms with van der Waals surface area (Å²) < 4.78 is 5.43. The minimum atomic E-state index is -0.680. The Morgan fingerprint density at radius 2 is 2.16 bits per heavy atom. The van der Waals surface area contributed by atoms with Crippen LogP contribution in [0.2, 0.25) is 0 Å². The highest BCUT2D eigenvalue weighted by molar-refractivity contribution is 5.76. The van der Waals surface area contributed by atoms with E-state index in [0.29, 0.717) is 18.0 Å². The number of para-hydroxylation sites is 2. The normalized spacial score (nSPS) is 16.5. The van der Waals surface area contributed by atoms with Crippen LogP contribution in [0, 0.1) is 0 Å². The van der Waals surface area contributed by atoms with Crippen molar-refractivity contribution in [3.63, 3.8) is 0 Å². The van der Waals surface area contributed by atoms with Gasteiger partial charge in [0, 0.05) is 6.54 Å². The summed E-state index contributed by atoms with van der Waals surface area (Å²) in [5.41, 5.74) is 5.60. The Balaban J connectivity index is 1.65. The highest BCUT2D eigenvalue weighted by Crippen LogP contribution is 2.30. The second kappa shape index (κ2) is 5.93. The number of anilines is 1. The summed E-state index contributed by atoms with van der Waals surface area (Å²) in [6.45, 7) is 0.609. The predicted molar refractivity (Wildman–Crippen MR) is 72.8 cm³/mol. The molecular weight excluding hydrogens is 244 g/mol. The number of nitrogens with two attached hydrogens (primary N) is 1. The Morgan fingerprint density at radius 1 is 1.42 bits per heavy atom. The van der Waals surface area contributed by atoms with Crippen molar-refractivity contribution in [1.29, 1.82) is 0 Å². The molecular formula is C14H20N2O3. The Hall–Kier alpha value is -1.75. The second-order valence-corrected chi connectivity index (χ2v) is 4.99. The molecule has 4 N–H and O–H groups in total. The summed E-state index contributed by atoms with van der Waals surface area (Å²) >= 11 is 0. The lowest BCUT2D eigenvalue weighted by atomic mass is 9.80. The molecule has 5 nitrogen and oxygen atoms in total. The monoisotopic (exact) mass is 264 g/mol. The predicted octanol–water partition coefficient (Wildman–Crippen LogP) is 1.07. The number of hydrogen-bond donors (Lipinski definition) is 3. The smallest absolute Gasteiger partial charge is 0.223 e. The lowest BCUT2D eigenvalue weighted by molar-refractivity contribution is -0.124. The van der Waals surface area contributed by atoms with E-state index in [1.807, 2.05) is 12.1 Å². The van der Waals surface area contributed by atoms with E-state index < -0.39 is 5.60 Å². The van der Waals surface area contributed by atoms with Crippen molar-refractivity contribution in [2.75, 3.05) is 18.9 Å². The molecule has 1 aromatic rings. The minimum absolute atomic E-state index is 0.116. The fourth-order valence-corrected chi connectivity index (χ4v) is 1.98. The van der Waals surface area contributed by atoms with Gasteiger partial charge in [0.1, 0.15) is 5.75 Å². The highest BCUT2D eigenvalue weighted by atomic mass is 16.5. The Kier molecular flexibility index (Phi) is 4.27. The first-order chi connectivity index (χ1) is 9.09. The van der Waals surface area contributed by atoms with Crippen molar-refractivity contribution in [1.82, 2.24) is 5.32 Å². The average Bonchev–Trinajstić information content (AvgIpc) is 2.36. The van der Waals surface area contributed by atoms with Crippen molar-refractivity contribution >= 4 is 11.6 Å². The molecule has 0 bridgehead atoms. The van der Waals surface area contributed by atoms with Crippen LogP contribution >= 0.6 is 0 Å². The standard InChI is InChI=1S/C14H20N2O3/c15-11-4-1-2-5-12(11)19-9-6-13(17)16-10-14(18)7-3-8-14/h1-2,4-5,18H,3,6-10,15H2,(H,16,17). The largest absolute Gasteiger partial charge is 0.491 e. The molecule has 1 saturated carbocycles. The maximum Gasteiger partial charge on any atom is 0.223 e. The molecule has 1 aliphatic carbocycles. The second-order valence-electron chi connectivity index (χ2n) is 4.99. The number of benzene rings is 1. The first kappa shape index (κ1) is 13.7. The summed E-state index contributed by atoms with van der Waals surface area (Å²) in [6, 6.07) is 7.18. The van der Waals surface area contributed by atoms with E-state index in [4.69, 9.17) is 10.5 Å². The van der Waals surface area contributed by atoms with Gasteiger partial charge in [-0.25, -0.2) is 0 Å². The van der Waals surface area contributed by atoms with Gasteiger partial charge in [-0.15, -0.1) is 0 Å². The zero-order valence-corrected chi connectivity index (χ0v) is 10.9. The van der Waals surface area contributed by atoms with Crippen LogP contribution in [0.1, 0.15) is 25.7 Å². The van der Waals surface area contributed by atoms with Crippen LogP contribution in [0.4, 0.5) is 5.69 Å². The SMILES string of the molecule is Nc1ccccc1OCCC(=O)NCC1(O)CCC1. The summed E-state index contributed by atoms with van der Waals surface area (Å²) in [6.07, 6.45) is 2.82. The molecule has 1 aliphatic rings. The van der Waals surface area contributed by atoms with E-state index in [1.165, 1.54) is 0 Å². The van der Waals surface area contributed by atoms with Crippen LogP contribution in [-0.2, 0) is 4.79 Å². The number of rotatable bonds is 6. The van der Waals surface area contributed by atoms with Gasteiger partial charge in [0.25, 0.3) is 0 Å². The fraction of sp³-hybridized carbons (Fsp3) is 0.500. The van der Waals surface area contributed by atoms with E-state index in [-0.39, 0.29) is 18.9 Å². The first-order valence-electron chi connectivity index (χ1n) is 6.55. The summed E-state index contributed by atoms with van der Waals surface area (Å²) in [7, 11) is 0. The van der Waals surface area contributed by atoms with Gasteiger partial charge < -0.3 is 20.9 Å². The van der Waals surface area contributed by atoms with Crippen LogP contribution < -0.4 is 15.8 Å². The molecule has 5 heteroatoms. The van der Waals surface area contributed by atoms with Crippen molar-refractivity contribution in [2.45, 2.75) is 31.3 Å². The lowest BCUT2D eigenvalue weighted by Crippen LogP contribution is -2.47. The average molecular weight is 264 g/mol. The maximum atomic E-state index is 11.6. The van der Waals surface area contributed by atoms with Crippen LogP contribution in [0.25, 0.3) is 0 Å². The fourth-order valence-electron chi connectivity index (χ4n) is 1.98. The molecule has 0 aromatic heterocycles. The summed E-state index contributed by atoms with van der Waals surface area (Å²) in [5, 5.41) is 12.6. The Bertz CT molecular complexity index is 444. The third-order valence-electron chi connectivity index (χ3n) is 3.40. The number of carbonyl (C=O) groups excluding carboxylic acids is 1. The number of nitrogen functional groups attached to an aromatic ring is 1. The van der Waals surface area contributed by atoms with E-state index in [9.17, 15) is 9.90 Å². The number of aliphatic hydroxyl groups is 1. The number of ether oxygens (including phenoxy) is 1. The molecule has 0 radical (unpaired) electrons. The van der Waals surface area contributed by atoms with Gasteiger partial charge >= 0.3 is 0 Å². The van der Waals surface area contributed by atoms with E-state index in [0.717, 1.165) is 19.3 Å². The number of hydrogen-bond acceptors (Lipinski definition) is 4. The first-order valence-corrected chi connectivity index (χ1v) is 6.55.